The van der Waals surface area contributed by atoms with Crippen molar-refractivity contribution in [2.24, 2.45) is 0 Å². The Hall–Kier alpha value is -1.55. The molecule has 0 N–H and O–H groups in total. The molecule has 1 aromatic carbocycles. The van der Waals surface area contributed by atoms with E-state index in [4.69, 9.17) is 0 Å². The minimum Gasteiger partial charge on any atom is -0.285 e. The quantitative estimate of drug-likeness (QED) is 0.524. The molecule has 1 nitrogen and oxygen atoms in total. The topological polar surface area (TPSA) is 17.1 Å². The van der Waals surface area contributed by atoms with Crippen LogP contribution in [0.25, 0.3) is 0 Å². The lowest BCUT2D eigenvalue weighted by Crippen LogP contribution is -1.98. The van der Waals surface area contributed by atoms with E-state index in [0.29, 0.717) is 6.42 Å². The largest absolute Gasteiger partial charge is 0.285 e. The van der Waals surface area contributed by atoms with E-state index in [0.717, 1.165) is 18.4 Å². The molecule has 0 heterocycles. The molecular weight excluding hydrogens is 172 g/mol. The molecule has 0 aliphatic carbocycles. The molecule has 72 valence electrons. The van der Waals surface area contributed by atoms with Gasteiger partial charge in [-0.05, 0) is 17.9 Å². The number of benzene rings is 1. The van der Waals surface area contributed by atoms with Crippen LogP contribution >= 0.6 is 0 Å². The maximum absolute atomic E-state index is 11.3. The Morgan fingerprint density at radius 2 is 2.00 bits per heavy atom. The zero-order valence-corrected chi connectivity index (χ0v) is 8.42. The first kappa shape index (κ1) is 10.5. The summed E-state index contributed by atoms with van der Waals surface area (Å²) in [5.74, 6) is 5.50. The van der Waals surface area contributed by atoms with Crippen molar-refractivity contribution >= 4 is 5.78 Å². The number of rotatable bonds is 3. The molecule has 0 aromatic heterocycles. The highest BCUT2D eigenvalue weighted by Crippen LogP contribution is 1.99. The fourth-order valence-corrected chi connectivity index (χ4v) is 1.11. The first-order valence-electron chi connectivity index (χ1n) is 4.88. The summed E-state index contributed by atoms with van der Waals surface area (Å²) >= 11 is 0. The normalized spacial score (nSPS) is 8.93. The molecule has 0 saturated carbocycles. The first-order chi connectivity index (χ1) is 6.83. The summed E-state index contributed by atoms with van der Waals surface area (Å²) in [5, 5.41) is 0. The standard InChI is InChI=1S/C13H14O/c1-2-3-5-10-13(14)11-12-8-6-4-7-9-12/h4,6-9H,2-3,11H2,1H3. The van der Waals surface area contributed by atoms with Crippen molar-refractivity contribution in [3.8, 4) is 11.8 Å². The van der Waals surface area contributed by atoms with Gasteiger partial charge in [-0.1, -0.05) is 43.2 Å². The molecule has 0 radical (unpaired) electrons. The fraction of sp³-hybridized carbons (Fsp3) is 0.308. The van der Waals surface area contributed by atoms with Gasteiger partial charge >= 0.3 is 0 Å². The number of hydrogen-bond acceptors (Lipinski definition) is 1. The smallest absolute Gasteiger partial charge is 0.209 e. The van der Waals surface area contributed by atoms with E-state index in [1.54, 1.807) is 0 Å². The van der Waals surface area contributed by atoms with Gasteiger partial charge in [-0.2, -0.15) is 0 Å². The van der Waals surface area contributed by atoms with Crippen LogP contribution in [-0.4, -0.2) is 5.78 Å². The van der Waals surface area contributed by atoms with E-state index in [1.165, 1.54) is 0 Å². The Balaban J connectivity index is 2.47. The number of carbonyl (C=O) groups excluding carboxylic acids is 1. The van der Waals surface area contributed by atoms with Crippen molar-refractivity contribution in [3.05, 3.63) is 35.9 Å². The summed E-state index contributed by atoms with van der Waals surface area (Å²) in [4.78, 5) is 11.3. The maximum Gasteiger partial charge on any atom is 0.209 e. The summed E-state index contributed by atoms with van der Waals surface area (Å²) in [6.45, 7) is 2.05. The third kappa shape index (κ3) is 3.91. The number of Topliss-reactive ketones (excluding diaryl/α,β-unsaturated/α-hetero) is 1. The maximum atomic E-state index is 11.3. The summed E-state index contributed by atoms with van der Waals surface area (Å²) < 4.78 is 0. The molecule has 0 unspecified atom stereocenters. The van der Waals surface area contributed by atoms with Crippen LogP contribution in [0.3, 0.4) is 0 Å². The zero-order valence-electron chi connectivity index (χ0n) is 8.42. The van der Waals surface area contributed by atoms with E-state index in [1.807, 2.05) is 30.3 Å². The fourth-order valence-electron chi connectivity index (χ4n) is 1.11. The van der Waals surface area contributed by atoms with Gasteiger partial charge in [-0.3, -0.25) is 4.79 Å². The predicted molar refractivity (Wildman–Crippen MR) is 57.8 cm³/mol. The van der Waals surface area contributed by atoms with Crippen molar-refractivity contribution in [1.29, 1.82) is 0 Å². The minimum atomic E-state index is 0.00431. The summed E-state index contributed by atoms with van der Waals surface area (Å²) in [6.07, 6.45) is 2.24. The Morgan fingerprint density at radius 1 is 1.29 bits per heavy atom. The molecule has 1 heteroatoms. The number of ketones is 1. The average Bonchev–Trinajstić information content (AvgIpc) is 2.20. The van der Waals surface area contributed by atoms with E-state index in [-0.39, 0.29) is 5.78 Å². The van der Waals surface area contributed by atoms with Crippen LogP contribution in [0, 0.1) is 11.8 Å². The van der Waals surface area contributed by atoms with Gasteiger partial charge in [0.25, 0.3) is 0 Å². The SMILES string of the molecule is CCCC#CC(=O)Cc1ccccc1. The number of carbonyl (C=O) groups is 1. The summed E-state index contributed by atoms with van der Waals surface area (Å²) in [6, 6.07) is 9.69. The molecule has 0 amide bonds. The van der Waals surface area contributed by atoms with Crippen LogP contribution in [0.15, 0.2) is 30.3 Å². The Kier molecular flexibility index (Phi) is 4.50. The van der Waals surface area contributed by atoms with Crippen LogP contribution in [0.1, 0.15) is 25.3 Å². The van der Waals surface area contributed by atoms with Crippen molar-refractivity contribution in [2.45, 2.75) is 26.2 Å². The molecule has 1 aromatic rings. The lowest BCUT2D eigenvalue weighted by molar-refractivity contribution is -0.113. The van der Waals surface area contributed by atoms with Gasteiger partial charge in [-0.25, -0.2) is 0 Å². The van der Waals surface area contributed by atoms with E-state index in [9.17, 15) is 4.79 Å². The Labute approximate surface area is 85.1 Å². The minimum absolute atomic E-state index is 0.00431. The van der Waals surface area contributed by atoms with Crippen molar-refractivity contribution in [2.75, 3.05) is 0 Å². The van der Waals surface area contributed by atoms with Gasteiger partial charge < -0.3 is 0 Å². The number of unbranched alkanes of at least 4 members (excludes halogenated alkanes) is 1. The van der Waals surface area contributed by atoms with Crippen LogP contribution < -0.4 is 0 Å². The summed E-state index contributed by atoms with van der Waals surface area (Å²) in [5.41, 5.74) is 1.03. The molecule has 0 atom stereocenters. The second kappa shape index (κ2) is 5.99. The van der Waals surface area contributed by atoms with Crippen LogP contribution in [0.2, 0.25) is 0 Å². The van der Waals surface area contributed by atoms with Crippen molar-refractivity contribution < 1.29 is 4.79 Å². The monoisotopic (exact) mass is 186 g/mol. The molecule has 0 aliphatic heterocycles. The lowest BCUT2D eigenvalue weighted by Gasteiger charge is -1.93. The molecular formula is C13H14O. The van der Waals surface area contributed by atoms with Crippen LogP contribution in [0.5, 0.6) is 0 Å². The lowest BCUT2D eigenvalue weighted by atomic mass is 10.1. The Bertz CT molecular complexity index is 340. The summed E-state index contributed by atoms with van der Waals surface area (Å²) in [7, 11) is 0. The predicted octanol–water partition coefficient (Wildman–Crippen LogP) is 2.60. The van der Waals surface area contributed by atoms with Crippen molar-refractivity contribution in [1.82, 2.24) is 0 Å². The average molecular weight is 186 g/mol. The highest BCUT2D eigenvalue weighted by atomic mass is 16.1. The van der Waals surface area contributed by atoms with E-state index >= 15 is 0 Å². The van der Waals surface area contributed by atoms with Gasteiger partial charge in [0.15, 0.2) is 0 Å². The highest BCUT2D eigenvalue weighted by Gasteiger charge is 1.97. The van der Waals surface area contributed by atoms with Gasteiger partial charge in [0.1, 0.15) is 0 Å². The third-order valence-corrected chi connectivity index (χ3v) is 1.81. The van der Waals surface area contributed by atoms with Gasteiger partial charge in [0, 0.05) is 12.8 Å². The van der Waals surface area contributed by atoms with Crippen molar-refractivity contribution in [3.63, 3.8) is 0 Å². The zero-order chi connectivity index (χ0) is 10.2. The van der Waals surface area contributed by atoms with E-state index < -0.39 is 0 Å². The van der Waals surface area contributed by atoms with Gasteiger partial charge in [0.2, 0.25) is 5.78 Å². The van der Waals surface area contributed by atoms with E-state index in [2.05, 4.69) is 18.8 Å². The molecule has 0 bridgehead atoms. The highest BCUT2D eigenvalue weighted by molar-refractivity contribution is 5.96. The molecule has 0 saturated heterocycles. The van der Waals surface area contributed by atoms with Crippen LogP contribution in [0.4, 0.5) is 0 Å². The molecule has 0 aliphatic rings. The second-order valence-electron chi connectivity index (χ2n) is 3.14. The van der Waals surface area contributed by atoms with Crippen LogP contribution in [-0.2, 0) is 11.2 Å². The molecule has 1 rings (SSSR count). The molecule has 14 heavy (non-hydrogen) atoms. The Morgan fingerprint density at radius 3 is 2.64 bits per heavy atom. The second-order valence-corrected chi connectivity index (χ2v) is 3.14. The molecule has 0 fully saturated rings. The first-order valence-corrected chi connectivity index (χ1v) is 4.88. The molecule has 0 spiro atoms. The van der Waals surface area contributed by atoms with Gasteiger partial charge in [0.05, 0.1) is 0 Å². The van der Waals surface area contributed by atoms with Gasteiger partial charge in [-0.15, -0.1) is 0 Å². The third-order valence-electron chi connectivity index (χ3n) is 1.81. The number of hydrogen-bond donors (Lipinski definition) is 0.